The number of hydrogen-bond acceptors (Lipinski definition) is 2. The normalized spacial score (nSPS) is 10.5. The second-order valence-electron chi connectivity index (χ2n) is 3.50. The van der Waals surface area contributed by atoms with Gasteiger partial charge in [0.1, 0.15) is 0 Å². The van der Waals surface area contributed by atoms with Gasteiger partial charge in [0.2, 0.25) is 0 Å². The van der Waals surface area contributed by atoms with E-state index >= 15 is 0 Å². The van der Waals surface area contributed by atoms with Crippen molar-refractivity contribution >= 4 is 35.1 Å². The van der Waals surface area contributed by atoms with Gasteiger partial charge in [0.15, 0.2) is 5.11 Å². The molecule has 0 saturated carbocycles. The first-order valence-corrected chi connectivity index (χ1v) is 6.34. The highest BCUT2D eigenvalue weighted by molar-refractivity contribution is 7.80. The number of halogens is 1. The predicted molar refractivity (Wildman–Crippen MR) is 77.7 cm³/mol. The van der Waals surface area contributed by atoms with Crippen LogP contribution in [0.4, 0.5) is 0 Å². The molecule has 0 heterocycles. The van der Waals surface area contributed by atoms with Gasteiger partial charge in [-0.2, -0.15) is 5.10 Å². The fourth-order valence-corrected chi connectivity index (χ4v) is 1.50. The topological polar surface area (TPSA) is 36.4 Å². The summed E-state index contributed by atoms with van der Waals surface area (Å²) < 4.78 is 0. The van der Waals surface area contributed by atoms with E-state index in [0.29, 0.717) is 10.1 Å². The Morgan fingerprint density at radius 2 is 2.24 bits per heavy atom. The van der Waals surface area contributed by atoms with Gasteiger partial charge in [-0.15, -0.1) is 0 Å². The molecule has 3 nitrogen and oxygen atoms in total. The number of hydrogen-bond donors (Lipinski definition) is 2. The van der Waals surface area contributed by atoms with Crippen molar-refractivity contribution in [3.8, 4) is 0 Å². The lowest BCUT2D eigenvalue weighted by Crippen LogP contribution is -2.32. The summed E-state index contributed by atoms with van der Waals surface area (Å²) in [6.07, 6.45) is 3.88. The maximum Gasteiger partial charge on any atom is 0.186 e. The Hall–Kier alpha value is -1.13. The molecule has 0 saturated heterocycles. The van der Waals surface area contributed by atoms with E-state index in [1.165, 1.54) is 0 Å². The summed E-state index contributed by atoms with van der Waals surface area (Å²) in [6.45, 7) is 3.00. The fourth-order valence-electron chi connectivity index (χ4n) is 1.16. The summed E-state index contributed by atoms with van der Waals surface area (Å²) in [4.78, 5) is 0. The van der Waals surface area contributed by atoms with Crippen LogP contribution < -0.4 is 10.7 Å². The van der Waals surface area contributed by atoms with Crippen LogP contribution in [0, 0.1) is 0 Å². The van der Waals surface area contributed by atoms with Crippen molar-refractivity contribution in [2.75, 3.05) is 6.54 Å². The van der Waals surface area contributed by atoms with Crippen molar-refractivity contribution in [3.05, 3.63) is 34.9 Å². The standard InChI is InChI=1S/C12H16ClN3S/c1-2-3-8-14-12(17)16-15-9-10-6-4-5-7-11(10)13/h4-7,9H,2-3,8H2,1H3,(H2,14,16,17). The van der Waals surface area contributed by atoms with E-state index in [4.69, 9.17) is 23.8 Å². The molecule has 5 heteroatoms. The van der Waals surface area contributed by atoms with E-state index in [2.05, 4.69) is 22.8 Å². The van der Waals surface area contributed by atoms with Crippen molar-refractivity contribution < 1.29 is 0 Å². The van der Waals surface area contributed by atoms with Crippen LogP contribution >= 0.6 is 23.8 Å². The molecule has 0 spiro atoms. The Bertz CT molecular complexity index is 393. The summed E-state index contributed by atoms with van der Waals surface area (Å²) >= 11 is 11.0. The number of thiocarbonyl (C=S) groups is 1. The van der Waals surface area contributed by atoms with E-state index in [1.54, 1.807) is 6.21 Å². The summed E-state index contributed by atoms with van der Waals surface area (Å²) in [5.41, 5.74) is 3.61. The molecule has 0 aromatic heterocycles. The number of unbranched alkanes of at least 4 members (excludes halogenated alkanes) is 1. The number of nitrogens with zero attached hydrogens (tertiary/aromatic N) is 1. The molecule has 0 fully saturated rings. The van der Waals surface area contributed by atoms with Crippen LogP contribution in [0.3, 0.4) is 0 Å². The maximum absolute atomic E-state index is 5.97. The Kier molecular flexibility index (Phi) is 6.58. The van der Waals surface area contributed by atoms with Gasteiger partial charge in [0, 0.05) is 17.1 Å². The lowest BCUT2D eigenvalue weighted by Gasteiger charge is -2.05. The predicted octanol–water partition coefficient (Wildman–Crippen LogP) is 2.94. The van der Waals surface area contributed by atoms with Gasteiger partial charge in [0.05, 0.1) is 6.21 Å². The molecule has 1 rings (SSSR count). The highest BCUT2D eigenvalue weighted by Crippen LogP contribution is 2.11. The molecule has 0 amide bonds. The molecule has 2 N–H and O–H groups in total. The fraction of sp³-hybridized carbons (Fsp3) is 0.333. The summed E-state index contributed by atoms with van der Waals surface area (Å²) in [5, 5.41) is 8.27. The molecule has 0 unspecified atom stereocenters. The first kappa shape index (κ1) is 13.9. The number of benzene rings is 1. The second kappa shape index (κ2) is 8.03. The lowest BCUT2D eigenvalue weighted by atomic mass is 10.2. The van der Waals surface area contributed by atoms with Crippen molar-refractivity contribution in [2.45, 2.75) is 19.8 Å². The van der Waals surface area contributed by atoms with E-state index < -0.39 is 0 Å². The largest absolute Gasteiger partial charge is 0.361 e. The van der Waals surface area contributed by atoms with Gasteiger partial charge in [-0.05, 0) is 24.7 Å². The molecular formula is C12H16ClN3S. The Balaban J connectivity index is 2.35. The Labute approximate surface area is 112 Å². The zero-order valence-electron chi connectivity index (χ0n) is 9.74. The van der Waals surface area contributed by atoms with Crippen molar-refractivity contribution in [3.63, 3.8) is 0 Å². The zero-order valence-corrected chi connectivity index (χ0v) is 11.3. The smallest absolute Gasteiger partial charge is 0.186 e. The minimum Gasteiger partial charge on any atom is -0.361 e. The van der Waals surface area contributed by atoms with Crippen LogP contribution in [0.15, 0.2) is 29.4 Å². The Morgan fingerprint density at radius 3 is 2.94 bits per heavy atom. The molecule has 17 heavy (non-hydrogen) atoms. The van der Waals surface area contributed by atoms with Gasteiger partial charge in [-0.1, -0.05) is 43.1 Å². The highest BCUT2D eigenvalue weighted by atomic mass is 35.5. The molecule has 0 bridgehead atoms. The van der Waals surface area contributed by atoms with Gasteiger partial charge in [0.25, 0.3) is 0 Å². The van der Waals surface area contributed by atoms with Crippen LogP contribution in [0.1, 0.15) is 25.3 Å². The van der Waals surface area contributed by atoms with Crippen LogP contribution in [-0.4, -0.2) is 17.9 Å². The van der Waals surface area contributed by atoms with Crippen LogP contribution in [0.25, 0.3) is 0 Å². The van der Waals surface area contributed by atoms with E-state index in [0.717, 1.165) is 24.9 Å². The van der Waals surface area contributed by atoms with Crippen LogP contribution in [0.5, 0.6) is 0 Å². The van der Waals surface area contributed by atoms with Crippen molar-refractivity contribution in [1.82, 2.24) is 10.7 Å². The second-order valence-corrected chi connectivity index (χ2v) is 4.32. The molecule has 0 radical (unpaired) electrons. The first-order valence-electron chi connectivity index (χ1n) is 5.55. The minimum atomic E-state index is 0.529. The average Bonchev–Trinajstić information content (AvgIpc) is 2.32. The van der Waals surface area contributed by atoms with E-state index in [-0.39, 0.29) is 0 Å². The average molecular weight is 270 g/mol. The van der Waals surface area contributed by atoms with Gasteiger partial charge in [-0.25, -0.2) is 0 Å². The van der Waals surface area contributed by atoms with E-state index in [1.807, 2.05) is 24.3 Å². The summed E-state index contributed by atoms with van der Waals surface area (Å²) in [6, 6.07) is 7.50. The molecule has 0 atom stereocenters. The summed E-state index contributed by atoms with van der Waals surface area (Å²) in [5.74, 6) is 0. The number of rotatable bonds is 5. The molecule has 1 aromatic carbocycles. The first-order chi connectivity index (χ1) is 8.24. The highest BCUT2D eigenvalue weighted by Gasteiger charge is 1.94. The van der Waals surface area contributed by atoms with Crippen molar-refractivity contribution in [2.24, 2.45) is 5.10 Å². The molecule has 92 valence electrons. The lowest BCUT2D eigenvalue weighted by molar-refractivity contribution is 0.745. The third-order valence-electron chi connectivity index (χ3n) is 2.09. The molecule has 0 aliphatic carbocycles. The molecule has 1 aromatic rings. The Morgan fingerprint density at radius 1 is 1.47 bits per heavy atom. The molecular weight excluding hydrogens is 254 g/mol. The SMILES string of the molecule is CCCCNC(=S)NN=Cc1ccccc1Cl. The van der Waals surface area contributed by atoms with Crippen molar-refractivity contribution in [1.29, 1.82) is 0 Å². The van der Waals surface area contributed by atoms with E-state index in [9.17, 15) is 0 Å². The maximum atomic E-state index is 5.97. The molecule has 0 aliphatic heterocycles. The van der Waals surface area contributed by atoms with Gasteiger partial charge in [-0.3, -0.25) is 5.43 Å². The van der Waals surface area contributed by atoms with Crippen LogP contribution in [0.2, 0.25) is 5.02 Å². The zero-order chi connectivity index (χ0) is 12.5. The minimum absolute atomic E-state index is 0.529. The van der Waals surface area contributed by atoms with Crippen LogP contribution in [-0.2, 0) is 0 Å². The summed E-state index contributed by atoms with van der Waals surface area (Å²) in [7, 11) is 0. The third-order valence-corrected chi connectivity index (χ3v) is 2.67. The number of hydrazone groups is 1. The van der Waals surface area contributed by atoms with Gasteiger partial charge < -0.3 is 5.32 Å². The molecule has 0 aliphatic rings. The van der Waals surface area contributed by atoms with Gasteiger partial charge >= 0.3 is 0 Å². The third kappa shape index (κ3) is 5.65. The monoisotopic (exact) mass is 269 g/mol. The number of nitrogens with one attached hydrogen (secondary N) is 2. The quantitative estimate of drug-likeness (QED) is 0.373.